The molecular formula is C16H18N2O2. The molecule has 0 aliphatic carbocycles. The van der Waals surface area contributed by atoms with Crippen molar-refractivity contribution in [1.82, 2.24) is 10.3 Å². The number of methoxy groups -OCH3 is 1. The van der Waals surface area contributed by atoms with Crippen LogP contribution in [-0.4, -0.2) is 18.0 Å². The molecule has 0 aliphatic heterocycles. The van der Waals surface area contributed by atoms with Gasteiger partial charge in [0.05, 0.1) is 7.11 Å². The molecule has 0 aliphatic rings. The van der Waals surface area contributed by atoms with Crippen molar-refractivity contribution in [3.8, 4) is 5.75 Å². The summed E-state index contributed by atoms with van der Waals surface area (Å²) in [5, 5.41) is 2.89. The van der Waals surface area contributed by atoms with Crippen LogP contribution in [0.25, 0.3) is 0 Å². The molecule has 0 radical (unpaired) electrons. The maximum Gasteiger partial charge on any atom is 0.220 e. The zero-order valence-corrected chi connectivity index (χ0v) is 11.5. The average molecular weight is 270 g/mol. The molecule has 104 valence electrons. The number of nitrogens with one attached hydrogen (secondary N) is 1. The fourth-order valence-corrected chi connectivity index (χ4v) is 1.88. The Morgan fingerprint density at radius 1 is 1.25 bits per heavy atom. The number of hydrogen-bond acceptors (Lipinski definition) is 3. The highest BCUT2D eigenvalue weighted by Crippen LogP contribution is 2.13. The van der Waals surface area contributed by atoms with E-state index >= 15 is 0 Å². The summed E-state index contributed by atoms with van der Waals surface area (Å²) in [5.41, 5.74) is 2.10. The fourth-order valence-electron chi connectivity index (χ4n) is 1.88. The predicted molar refractivity (Wildman–Crippen MR) is 77.4 cm³/mol. The maximum absolute atomic E-state index is 11.8. The summed E-state index contributed by atoms with van der Waals surface area (Å²) in [5.74, 6) is 0.856. The molecule has 0 saturated carbocycles. The van der Waals surface area contributed by atoms with Gasteiger partial charge in [-0.15, -0.1) is 0 Å². The molecule has 4 nitrogen and oxygen atoms in total. The van der Waals surface area contributed by atoms with Crippen LogP contribution in [0.1, 0.15) is 17.5 Å². The van der Waals surface area contributed by atoms with Crippen LogP contribution in [0.3, 0.4) is 0 Å². The van der Waals surface area contributed by atoms with E-state index in [0.717, 1.165) is 16.9 Å². The largest absolute Gasteiger partial charge is 0.497 e. The lowest BCUT2D eigenvalue weighted by molar-refractivity contribution is -0.121. The van der Waals surface area contributed by atoms with Crippen molar-refractivity contribution in [2.75, 3.05) is 7.11 Å². The van der Waals surface area contributed by atoms with Crippen molar-refractivity contribution in [2.24, 2.45) is 0 Å². The van der Waals surface area contributed by atoms with Crippen molar-refractivity contribution >= 4 is 5.91 Å². The van der Waals surface area contributed by atoms with Gasteiger partial charge in [0.2, 0.25) is 5.91 Å². The lowest BCUT2D eigenvalue weighted by Gasteiger charge is -2.06. The van der Waals surface area contributed by atoms with Gasteiger partial charge in [0.15, 0.2) is 0 Å². The third-order valence-electron chi connectivity index (χ3n) is 2.99. The number of carbonyl (C=O) groups is 1. The first-order valence-electron chi connectivity index (χ1n) is 6.56. The van der Waals surface area contributed by atoms with Gasteiger partial charge in [-0.3, -0.25) is 9.78 Å². The predicted octanol–water partition coefficient (Wildman–Crippen LogP) is 2.34. The van der Waals surface area contributed by atoms with E-state index in [1.54, 1.807) is 19.5 Å². The van der Waals surface area contributed by atoms with Crippen LogP contribution >= 0.6 is 0 Å². The van der Waals surface area contributed by atoms with Crippen LogP contribution in [0.2, 0.25) is 0 Å². The number of nitrogens with zero attached hydrogens (tertiary/aromatic N) is 1. The zero-order valence-electron chi connectivity index (χ0n) is 11.5. The summed E-state index contributed by atoms with van der Waals surface area (Å²) in [6, 6.07) is 11.6. The number of benzene rings is 1. The second-order valence-electron chi connectivity index (χ2n) is 4.49. The van der Waals surface area contributed by atoms with Gasteiger partial charge in [0, 0.05) is 25.4 Å². The minimum absolute atomic E-state index is 0.0386. The molecule has 0 saturated heterocycles. The molecule has 0 spiro atoms. The summed E-state index contributed by atoms with van der Waals surface area (Å²) < 4.78 is 5.16. The molecule has 1 amide bonds. The van der Waals surface area contributed by atoms with Gasteiger partial charge in [-0.05, 0) is 35.7 Å². The first-order valence-corrected chi connectivity index (χ1v) is 6.56. The van der Waals surface area contributed by atoms with Gasteiger partial charge in [-0.2, -0.15) is 0 Å². The van der Waals surface area contributed by atoms with Gasteiger partial charge in [-0.25, -0.2) is 0 Å². The Labute approximate surface area is 118 Å². The molecule has 1 aromatic carbocycles. The van der Waals surface area contributed by atoms with Gasteiger partial charge < -0.3 is 10.1 Å². The van der Waals surface area contributed by atoms with E-state index in [2.05, 4.69) is 10.3 Å². The van der Waals surface area contributed by atoms with Gasteiger partial charge in [-0.1, -0.05) is 18.2 Å². The molecule has 2 rings (SSSR count). The number of rotatable bonds is 6. The number of ether oxygens (including phenoxy) is 1. The van der Waals surface area contributed by atoms with Crippen molar-refractivity contribution in [1.29, 1.82) is 0 Å². The Hall–Kier alpha value is -2.36. The van der Waals surface area contributed by atoms with E-state index in [0.29, 0.717) is 19.4 Å². The molecule has 2 aromatic rings. The second-order valence-corrected chi connectivity index (χ2v) is 4.49. The topological polar surface area (TPSA) is 51.2 Å². The van der Waals surface area contributed by atoms with Crippen LogP contribution in [-0.2, 0) is 17.8 Å². The molecule has 1 aromatic heterocycles. The number of amides is 1. The number of hydrogen-bond donors (Lipinski definition) is 1. The van der Waals surface area contributed by atoms with E-state index in [4.69, 9.17) is 4.74 Å². The summed E-state index contributed by atoms with van der Waals surface area (Å²) in [7, 11) is 1.64. The normalized spacial score (nSPS) is 10.1. The Morgan fingerprint density at radius 3 is 2.85 bits per heavy atom. The number of aryl methyl sites for hydroxylation is 1. The van der Waals surface area contributed by atoms with E-state index < -0.39 is 0 Å². The van der Waals surface area contributed by atoms with Gasteiger partial charge in [0.1, 0.15) is 5.75 Å². The first-order chi connectivity index (χ1) is 9.78. The Kier molecular flexibility index (Phi) is 5.12. The fraction of sp³-hybridized carbons (Fsp3) is 0.250. The molecular weight excluding hydrogens is 252 g/mol. The summed E-state index contributed by atoms with van der Waals surface area (Å²) in [6.45, 7) is 0.519. The third-order valence-corrected chi connectivity index (χ3v) is 2.99. The Balaban J connectivity index is 1.77. The van der Waals surface area contributed by atoms with Crippen molar-refractivity contribution in [2.45, 2.75) is 19.4 Å². The summed E-state index contributed by atoms with van der Waals surface area (Å²) in [4.78, 5) is 15.8. The lowest BCUT2D eigenvalue weighted by Crippen LogP contribution is -2.23. The van der Waals surface area contributed by atoms with Crippen molar-refractivity contribution in [3.05, 3.63) is 59.9 Å². The van der Waals surface area contributed by atoms with E-state index in [1.165, 1.54) is 0 Å². The van der Waals surface area contributed by atoms with Crippen LogP contribution in [0.15, 0.2) is 48.8 Å². The Morgan fingerprint density at radius 2 is 2.10 bits per heavy atom. The number of aromatic nitrogens is 1. The molecule has 4 heteroatoms. The highest BCUT2D eigenvalue weighted by atomic mass is 16.5. The van der Waals surface area contributed by atoms with Gasteiger partial charge >= 0.3 is 0 Å². The smallest absolute Gasteiger partial charge is 0.220 e. The van der Waals surface area contributed by atoms with E-state index in [1.807, 2.05) is 36.4 Å². The quantitative estimate of drug-likeness (QED) is 0.876. The van der Waals surface area contributed by atoms with E-state index in [-0.39, 0.29) is 5.91 Å². The van der Waals surface area contributed by atoms with Crippen LogP contribution in [0, 0.1) is 0 Å². The van der Waals surface area contributed by atoms with Crippen molar-refractivity contribution in [3.63, 3.8) is 0 Å². The van der Waals surface area contributed by atoms with E-state index in [9.17, 15) is 4.79 Å². The molecule has 20 heavy (non-hydrogen) atoms. The highest BCUT2D eigenvalue weighted by molar-refractivity contribution is 5.76. The third kappa shape index (κ3) is 4.39. The SMILES string of the molecule is COc1cccc(CCC(=O)NCc2cccnc2)c1. The monoisotopic (exact) mass is 270 g/mol. The van der Waals surface area contributed by atoms with Crippen LogP contribution < -0.4 is 10.1 Å². The van der Waals surface area contributed by atoms with Gasteiger partial charge in [0.25, 0.3) is 0 Å². The summed E-state index contributed by atoms with van der Waals surface area (Å²) in [6.07, 6.45) is 4.64. The minimum atomic E-state index is 0.0386. The molecule has 0 unspecified atom stereocenters. The van der Waals surface area contributed by atoms with Crippen LogP contribution in [0.5, 0.6) is 5.75 Å². The Bertz CT molecular complexity index is 555. The summed E-state index contributed by atoms with van der Waals surface area (Å²) >= 11 is 0. The van der Waals surface area contributed by atoms with Crippen LogP contribution in [0.4, 0.5) is 0 Å². The molecule has 0 bridgehead atoms. The maximum atomic E-state index is 11.8. The number of pyridine rings is 1. The molecule has 0 fully saturated rings. The molecule has 1 heterocycles. The standard InChI is InChI=1S/C16H18N2O2/c1-20-15-6-2-4-13(10-15)7-8-16(19)18-12-14-5-3-9-17-11-14/h2-6,9-11H,7-8,12H2,1H3,(H,18,19). The lowest BCUT2D eigenvalue weighted by atomic mass is 10.1. The minimum Gasteiger partial charge on any atom is -0.497 e. The molecule has 1 N–H and O–H groups in total. The molecule has 0 atom stereocenters. The zero-order chi connectivity index (χ0) is 14.2. The average Bonchev–Trinajstić information content (AvgIpc) is 2.52. The number of carbonyl (C=O) groups excluding carboxylic acids is 1. The first kappa shape index (κ1) is 14.1. The highest BCUT2D eigenvalue weighted by Gasteiger charge is 2.03. The van der Waals surface area contributed by atoms with Crippen molar-refractivity contribution < 1.29 is 9.53 Å². The second kappa shape index (κ2) is 7.28.